The van der Waals surface area contributed by atoms with Gasteiger partial charge in [0, 0.05) is 24.5 Å². The van der Waals surface area contributed by atoms with Crippen molar-refractivity contribution in [1.82, 2.24) is 15.0 Å². The fraction of sp³-hybridized carbons (Fsp3) is 0.846. The van der Waals surface area contributed by atoms with Gasteiger partial charge in [-0.15, -0.1) is 0 Å². The Morgan fingerprint density at radius 3 is 2.79 bits per heavy atom. The van der Waals surface area contributed by atoms with Gasteiger partial charge in [0.05, 0.1) is 6.61 Å². The monoisotopic (exact) mass is 266 g/mol. The molecule has 1 aromatic heterocycles. The molecule has 106 valence electrons. The lowest BCUT2D eigenvalue weighted by Gasteiger charge is -2.34. The second kappa shape index (κ2) is 5.56. The molecular weight excluding hydrogens is 244 g/mol. The molecule has 0 saturated carbocycles. The summed E-state index contributed by atoms with van der Waals surface area (Å²) in [5.74, 6) is 1.87. The number of ether oxygens (including phenoxy) is 1. The van der Waals surface area contributed by atoms with E-state index in [-0.39, 0.29) is 0 Å². The third-order valence-electron chi connectivity index (χ3n) is 4.43. The molecule has 6 nitrogen and oxygen atoms in total. The van der Waals surface area contributed by atoms with E-state index in [4.69, 9.17) is 15.0 Å². The number of hydrogen-bond donors (Lipinski definition) is 1. The number of piperidine rings is 1. The van der Waals surface area contributed by atoms with E-state index in [0.717, 1.165) is 18.7 Å². The van der Waals surface area contributed by atoms with E-state index in [1.54, 1.807) is 0 Å². The van der Waals surface area contributed by atoms with Crippen LogP contribution in [0.15, 0.2) is 4.52 Å². The SMILES string of the molecule is CN1C2CCC1CC(c1noc(COCCN)n1)C2. The van der Waals surface area contributed by atoms with E-state index in [0.29, 0.717) is 43.7 Å². The van der Waals surface area contributed by atoms with Crippen LogP contribution in [0.5, 0.6) is 0 Å². The van der Waals surface area contributed by atoms with Crippen LogP contribution in [0, 0.1) is 0 Å². The first kappa shape index (κ1) is 13.0. The van der Waals surface area contributed by atoms with E-state index in [1.165, 1.54) is 12.8 Å². The molecule has 2 N–H and O–H groups in total. The van der Waals surface area contributed by atoms with Crippen LogP contribution >= 0.6 is 0 Å². The smallest absolute Gasteiger partial charge is 0.252 e. The maximum atomic E-state index is 5.37. The van der Waals surface area contributed by atoms with Gasteiger partial charge >= 0.3 is 0 Å². The number of hydrogen-bond acceptors (Lipinski definition) is 6. The molecule has 2 atom stereocenters. The Labute approximate surface area is 113 Å². The zero-order chi connectivity index (χ0) is 13.2. The molecule has 0 aromatic carbocycles. The van der Waals surface area contributed by atoms with E-state index >= 15 is 0 Å². The van der Waals surface area contributed by atoms with Gasteiger partial charge < -0.3 is 19.9 Å². The van der Waals surface area contributed by atoms with E-state index in [2.05, 4.69) is 22.1 Å². The summed E-state index contributed by atoms with van der Waals surface area (Å²) in [6.07, 6.45) is 4.91. The molecule has 1 aromatic rings. The molecule has 0 spiro atoms. The van der Waals surface area contributed by atoms with Crippen molar-refractivity contribution in [3.63, 3.8) is 0 Å². The molecule has 2 aliphatic heterocycles. The van der Waals surface area contributed by atoms with Crippen molar-refractivity contribution in [3.05, 3.63) is 11.7 Å². The van der Waals surface area contributed by atoms with E-state index < -0.39 is 0 Å². The predicted octanol–water partition coefficient (Wildman–Crippen LogP) is 0.885. The molecule has 2 aliphatic rings. The van der Waals surface area contributed by atoms with Crippen LogP contribution in [-0.4, -0.2) is 47.3 Å². The van der Waals surface area contributed by atoms with Crippen LogP contribution in [0.4, 0.5) is 0 Å². The van der Waals surface area contributed by atoms with Gasteiger partial charge in [-0.1, -0.05) is 5.16 Å². The molecule has 19 heavy (non-hydrogen) atoms. The number of nitrogens with two attached hydrogens (primary N) is 1. The summed E-state index contributed by atoms with van der Waals surface area (Å²) in [5.41, 5.74) is 5.37. The Balaban J connectivity index is 1.60. The highest BCUT2D eigenvalue weighted by Crippen LogP contribution is 2.41. The minimum Gasteiger partial charge on any atom is -0.370 e. The van der Waals surface area contributed by atoms with E-state index in [9.17, 15) is 0 Å². The second-order valence-electron chi connectivity index (χ2n) is 5.61. The summed E-state index contributed by atoms with van der Waals surface area (Å²) in [5, 5.41) is 4.12. The Hall–Kier alpha value is -0.980. The Kier molecular flexibility index (Phi) is 3.81. The Morgan fingerprint density at radius 2 is 2.11 bits per heavy atom. The summed E-state index contributed by atoms with van der Waals surface area (Å²) in [6, 6.07) is 1.39. The second-order valence-corrected chi connectivity index (χ2v) is 5.61. The van der Waals surface area contributed by atoms with Crippen LogP contribution in [-0.2, 0) is 11.3 Å². The van der Waals surface area contributed by atoms with Gasteiger partial charge in [0.1, 0.15) is 6.61 Å². The van der Waals surface area contributed by atoms with Gasteiger partial charge in [0.15, 0.2) is 5.82 Å². The largest absolute Gasteiger partial charge is 0.370 e. The summed E-state index contributed by atoms with van der Waals surface area (Å²) in [7, 11) is 2.24. The van der Waals surface area contributed by atoms with Gasteiger partial charge in [-0.3, -0.25) is 0 Å². The molecular formula is C13H22N4O2. The van der Waals surface area contributed by atoms with Crippen molar-refractivity contribution >= 4 is 0 Å². The molecule has 2 fully saturated rings. The Bertz CT molecular complexity index is 409. The van der Waals surface area contributed by atoms with Crippen molar-refractivity contribution in [3.8, 4) is 0 Å². The van der Waals surface area contributed by atoms with Crippen molar-refractivity contribution in [2.24, 2.45) is 5.73 Å². The van der Waals surface area contributed by atoms with Crippen LogP contribution < -0.4 is 5.73 Å². The fourth-order valence-corrected chi connectivity index (χ4v) is 3.36. The topological polar surface area (TPSA) is 77.4 Å². The lowest BCUT2D eigenvalue weighted by atomic mass is 9.90. The maximum Gasteiger partial charge on any atom is 0.252 e. The minimum atomic E-state index is 0.365. The molecule has 0 aliphatic carbocycles. The standard InChI is InChI=1S/C13H22N4O2/c1-17-10-2-3-11(17)7-9(6-10)13-15-12(19-16-13)8-18-5-4-14/h9-11H,2-8,14H2,1H3. The summed E-state index contributed by atoms with van der Waals surface area (Å²) in [6.45, 7) is 1.40. The van der Waals surface area contributed by atoms with Gasteiger partial charge in [0.2, 0.25) is 0 Å². The molecule has 0 radical (unpaired) electrons. The molecule has 2 saturated heterocycles. The van der Waals surface area contributed by atoms with Crippen LogP contribution in [0.25, 0.3) is 0 Å². The van der Waals surface area contributed by atoms with Gasteiger partial charge in [-0.05, 0) is 32.7 Å². The molecule has 2 bridgehead atoms. The minimum absolute atomic E-state index is 0.365. The number of aromatic nitrogens is 2. The lowest BCUT2D eigenvalue weighted by Crippen LogP contribution is -2.39. The van der Waals surface area contributed by atoms with Crippen molar-refractivity contribution in [2.75, 3.05) is 20.2 Å². The summed E-state index contributed by atoms with van der Waals surface area (Å²) >= 11 is 0. The zero-order valence-corrected chi connectivity index (χ0v) is 11.4. The highest BCUT2D eigenvalue weighted by atomic mass is 16.5. The number of nitrogens with zero attached hydrogens (tertiary/aromatic N) is 3. The van der Waals surface area contributed by atoms with Crippen molar-refractivity contribution in [1.29, 1.82) is 0 Å². The Morgan fingerprint density at radius 1 is 1.37 bits per heavy atom. The maximum absolute atomic E-state index is 5.37. The highest BCUT2D eigenvalue weighted by Gasteiger charge is 2.40. The molecule has 6 heteroatoms. The van der Waals surface area contributed by atoms with Crippen molar-refractivity contribution in [2.45, 2.75) is 50.3 Å². The first-order chi connectivity index (χ1) is 9.28. The average molecular weight is 266 g/mol. The zero-order valence-electron chi connectivity index (χ0n) is 11.4. The lowest BCUT2D eigenvalue weighted by molar-refractivity contribution is 0.104. The molecule has 2 unspecified atom stereocenters. The summed E-state index contributed by atoms with van der Waals surface area (Å²) < 4.78 is 10.6. The molecule has 3 heterocycles. The van der Waals surface area contributed by atoms with Gasteiger partial charge in [-0.2, -0.15) is 4.98 Å². The number of rotatable bonds is 5. The fourth-order valence-electron chi connectivity index (χ4n) is 3.36. The van der Waals surface area contributed by atoms with Crippen LogP contribution in [0.1, 0.15) is 43.3 Å². The third kappa shape index (κ3) is 2.66. The molecule has 3 rings (SSSR count). The third-order valence-corrected chi connectivity index (χ3v) is 4.43. The predicted molar refractivity (Wildman–Crippen MR) is 69.6 cm³/mol. The van der Waals surface area contributed by atoms with Crippen molar-refractivity contribution < 1.29 is 9.26 Å². The normalized spacial score (nSPS) is 30.9. The van der Waals surface area contributed by atoms with Crippen LogP contribution in [0.2, 0.25) is 0 Å². The number of fused-ring (bicyclic) bond motifs is 2. The van der Waals surface area contributed by atoms with Gasteiger partial charge in [-0.25, -0.2) is 0 Å². The van der Waals surface area contributed by atoms with Crippen LogP contribution in [0.3, 0.4) is 0 Å². The van der Waals surface area contributed by atoms with E-state index in [1.807, 2.05) is 0 Å². The quantitative estimate of drug-likeness (QED) is 0.797. The molecule has 0 amide bonds. The average Bonchev–Trinajstić information content (AvgIpc) is 2.93. The highest BCUT2D eigenvalue weighted by molar-refractivity contribution is 5.05. The first-order valence-corrected chi connectivity index (χ1v) is 7.10. The summed E-state index contributed by atoms with van der Waals surface area (Å²) in [4.78, 5) is 6.98. The van der Waals surface area contributed by atoms with Gasteiger partial charge in [0.25, 0.3) is 5.89 Å². The first-order valence-electron chi connectivity index (χ1n) is 7.10.